The monoisotopic (exact) mass is 243 g/mol. The highest BCUT2D eigenvalue weighted by Gasteiger charge is 2.13. The lowest BCUT2D eigenvalue weighted by molar-refractivity contribution is 0.447. The van der Waals surface area contributed by atoms with E-state index < -0.39 is 17.5 Å². The molecule has 0 fully saturated rings. The van der Waals surface area contributed by atoms with Crippen LogP contribution >= 0.6 is 11.3 Å². The smallest absolute Gasteiger partial charge is 0.194 e. The van der Waals surface area contributed by atoms with Gasteiger partial charge in [0.15, 0.2) is 17.5 Å². The minimum Gasteiger partial charge on any atom is -0.244 e. The highest BCUT2D eigenvalue weighted by atomic mass is 32.1. The van der Waals surface area contributed by atoms with Crippen LogP contribution in [0.15, 0.2) is 18.3 Å². The van der Waals surface area contributed by atoms with Crippen LogP contribution in [-0.4, -0.2) is 4.98 Å². The van der Waals surface area contributed by atoms with Gasteiger partial charge in [0.25, 0.3) is 0 Å². The van der Waals surface area contributed by atoms with E-state index in [1.54, 1.807) is 6.20 Å². The number of aromatic nitrogens is 1. The minimum atomic E-state index is -1.45. The Balaban J connectivity index is 2.48. The van der Waals surface area contributed by atoms with Crippen LogP contribution in [0.3, 0.4) is 0 Å². The third-order valence-electron chi connectivity index (χ3n) is 2.13. The maximum Gasteiger partial charge on any atom is 0.194 e. The SMILES string of the molecule is CCc1cnc(-c2cc(F)c(F)c(F)c2)s1. The van der Waals surface area contributed by atoms with E-state index in [2.05, 4.69) is 4.98 Å². The second kappa shape index (κ2) is 4.25. The van der Waals surface area contributed by atoms with Gasteiger partial charge in [0.2, 0.25) is 0 Å². The first-order chi connectivity index (χ1) is 7.61. The van der Waals surface area contributed by atoms with Crippen molar-refractivity contribution in [1.29, 1.82) is 0 Å². The molecule has 0 bridgehead atoms. The normalized spacial score (nSPS) is 10.8. The van der Waals surface area contributed by atoms with Crippen LogP contribution in [0.25, 0.3) is 10.6 Å². The van der Waals surface area contributed by atoms with Gasteiger partial charge in [0.1, 0.15) is 5.01 Å². The Labute approximate surface area is 94.6 Å². The molecule has 0 aliphatic rings. The molecule has 0 unspecified atom stereocenters. The van der Waals surface area contributed by atoms with Gasteiger partial charge in [-0.15, -0.1) is 11.3 Å². The second-order valence-corrected chi connectivity index (χ2v) is 4.35. The predicted molar refractivity (Wildman–Crippen MR) is 56.8 cm³/mol. The van der Waals surface area contributed by atoms with E-state index in [0.717, 1.165) is 23.4 Å². The third-order valence-corrected chi connectivity index (χ3v) is 3.32. The zero-order valence-corrected chi connectivity index (χ0v) is 9.25. The molecule has 1 nitrogen and oxygen atoms in total. The van der Waals surface area contributed by atoms with E-state index >= 15 is 0 Å². The molecule has 2 rings (SSSR count). The molecular weight excluding hydrogens is 235 g/mol. The van der Waals surface area contributed by atoms with E-state index in [9.17, 15) is 13.2 Å². The van der Waals surface area contributed by atoms with Crippen LogP contribution in [0.2, 0.25) is 0 Å². The molecule has 0 spiro atoms. The van der Waals surface area contributed by atoms with Gasteiger partial charge in [-0.3, -0.25) is 0 Å². The van der Waals surface area contributed by atoms with Gasteiger partial charge in [0.05, 0.1) is 0 Å². The number of aryl methyl sites for hydroxylation is 1. The Morgan fingerprint density at radius 2 is 1.81 bits per heavy atom. The third kappa shape index (κ3) is 1.95. The fourth-order valence-electron chi connectivity index (χ4n) is 1.28. The topological polar surface area (TPSA) is 12.9 Å². The summed E-state index contributed by atoms with van der Waals surface area (Å²) in [5, 5.41) is 0.495. The Morgan fingerprint density at radius 1 is 1.19 bits per heavy atom. The van der Waals surface area contributed by atoms with Crippen molar-refractivity contribution >= 4 is 11.3 Å². The standard InChI is InChI=1S/C11H8F3NS/c1-2-7-5-15-11(16-7)6-3-8(12)10(14)9(13)4-6/h3-5H,2H2,1H3. The molecule has 0 saturated carbocycles. The molecule has 0 atom stereocenters. The zero-order valence-electron chi connectivity index (χ0n) is 8.43. The van der Waals surface area contributed by atoms with E-state index in [4.69, 9.17) is 0 Å². The van der Waals surface area contributed by atoms with Crippen molar-refractivity contribution in [3.8, 4) is 10.6 Å². The first-order valence-electron chi connectivity index (χ1n) is 4.71. The largest absolute Gasteiger partial charge is 0.244 e. The molecule has 1 heterocycles. The number of thiazole rings is 1. The summed E-state index contributed by atoms with van der Waals surface area (Å²) in [7, 11) is 0. The molecule has 5 heteroatoms. The molecule has 0 N–H and O–H groups in total. The van der Waals surface area contributed by atoms with Gasteiger partial charge in [-0.1, -0.05) is 6.92 Å². The van der Waals surface area contributed by atoms with E-state index in [0.29, 0.717) is 5.01 Å². The summed E-state index contributed by atoms with van der Waals surface area (Å²) in [5.41, 5.74) is 0.265. The lowest BCUT2D eigenvalue weighted by Crippen LogP contribution is -1.91. The molecule has 1 aromatic heterocycles. The van der Waals surface area contributed by atoms with Crippen LogP contribution < -0.4 is 0 Å². The molecule has 0 aliphatic heterocycles. The summed E-state index contributed by atoms with van der Waals surface area (Å²) in [6.45, 7) is 1.96. The zero-order chi connectivity index (χ0) is 11.7. The summed E-state index contributed by atoms with van der Waals surface area (Å²) in [5.74, 6) is -3.83. The van der Waals surface area contributed by atoms with Crippen LogP contribution in [0, 0.1) is 17.5 Å². The first-order valence-corrected chi connectivity index (χ1v) is 5.53. The van der Waals surface area contributed by atoms with Crippen molar-refractivity contribution in [3.63, 3.8) is 0 Å². The molecule has 1 aromatic carbocycles. The van der Waals surface area contributed by atoms with Gasteiger partial charge in [0, 0.05) is 16.6 Å². The van der Waals surface area contributed by atoms with Gasteiger partial charge in [-0.2, -0.15) is 0 Å². The highest BCUT2D eigenvalue weighted by molar-refractivity contribution is 7.15. The number of rotatable bonds is 2. The lowest BCUT2D eigenvalue weighted by Gasteiger charge is -1.99. The average molecular weight is 243 g/mol. The van der Waals surface area contributed by atoms with E-state index in [1.807, 2.05) is 6.92 Å². The quantitative estimate of drug-likeness (QED) is 0.731. The average Bonchev–Trinajstić information content (AvgIpc) is 2.73. The number of hydrogen-bond acceptors (Lipinski definition) is 2. The fraction of sp³-hybridized carbons (Fsp3) is 0.182. The minimum absolute atomic E-state index is 0.265. The molecule has 0 saturated heterocycles. The molecule has 0 amide bonds. The predicted octanol–water partition coefficient (Wildman–Crippen LogP) is 3.79. The van der Waals surface area contributed by atoms with Gasteiger partial charge in [-0.25, -0.2) is 18.2 Å². The van der Waals surface area contributed by atoms with Crippen molar-refractivity contribution < 1.29 is 13.2 Å². The Bertz CT molecular complexity index is 499. The molecule has 0 radical (unpaired) electrons. The molecule has 16 heavy (non-hydrogen) atoms. The Morgan fingerprint density at radius 3 is 2.31 bits per heavy atom. The summed E-state index contributed by atoms with van der Waals surface area (Å²) < 4.78 is 38.7. The molecule has 84 valence electrons. The van der Waals surface area contributed by atoms with Gasteiger partial charge in [-0.05, 0) is 18.6 Å². The van der Waals surface area contributed by atoms with Crippen molar-refractivity contribution in [3.05, 3.63) is 40.7 Å². The Kier molecular flexibility index (Phi) is 2.96. The van der Waals surface area contributed by atoms with E-state index in [-0.39, 0.29) is 5.56 Å². The van der Waals surface area contributed by atoms with Crippen molar-refractivity contribution in [2.24, 2.45) is 0 Å². The number of benzene rings is 1. The van der Waals surface area contributed by atoms with Crippen LogP contribution in [-0.2, 0) is 6.42 Å². The Hall–Kier alpha value is -1.36. The summed E-state index contributed by atoms with van der Waals surface area (Å²) in [4.78, 5) is 5.05. The number of nitrogens with zero attached hydrogens (tertiary/aromatic N) is 1. The summed E-state index contributed by atoms with van der Waals surface area (Å²) in [6.07, 6.45) is 2.46. The van der Waals surface area contributed by atoms with Gasteiger partial charge < -0.3 is 0 Å². The maximum atomic E-state index is 13.0. The van der Waals surface area contributed by atoms with E-state index in [1.165, 1.54) is 11.3 Å². The van der Waals surface area contributed by atoms with Crippen LogP contribution in [0.4, 0.5) is 13.2 Å². The molecule has 0 aliphatic carbocycles. The van der Waals surface area contributed by atoms with Crippen molar-refractivity contribution in [2.45, 2.75) is 13.3 Å². The first kappa shape index (κ1) is 11.1. The molecular formula is C11H8F3NS. The number of hydrogen-bond donors (Lipinski definition) is 0. The molecule has 2 aromatic rings. The number of halogens is 3. The summed E-state index contributed by atoms with van der Waals surface area (Å²) >= 11 is 1.34. The van der Waals surface area contributed by atoms with Crippen LogP contribution in [0.5, 0.6) is 0 Å². The van der Waals surface area contributed by atoms with Crippen molar-refractivity contribution in [2.75, 3.05) is 0 Å². The van der Waals surface area contributed by atoms with Crippen LogP contribution in [0.1, 0.15) is 11.8 Å². The fourth-order valence-corrected chi connectivity index (χ4v) is 2.12. The maximum absolute atomic E-state index is 13.0. The van der Waals surface area contributed by atoms with Crippen molar-refractivity contribution in [1.82, 2.24) is 4.98 Å². The highest BCUT2D eigenvalue weighted by Crippen LogP contribution is 2.27. The second-order valence-electron chi connectivity index (χ2n) is 3.24. The summed E-state index contributed by atoms with van der Waals surface area (Å²) in [6, 6.07) is 1.91. The lowest BCUT2D eigenvalue weighted by atomic mass is 10.2. The van der Waals surface area contributed by atoms with Gasteiger partial charge >= 0.3 is 0 Å².